The summed E-state index contributed by atoms with van der Waals surface area (Å²) in [4.78, 5) is 0. The highest BCUT2D eigenvalue weighted by Crippen LogP contribution is 2.54. The molecular formula is C17H20ClF2N3O3S. The third-order valence-corrected chi connectivity index (χ3v) is 7.37. The topological polar surface area (TPSA) is 86.3 Å². The van der Waals surface area contributed by atoms with Gasteiger partial charge in [0, 0.05) is 35.0 Å². The van der Waals surface area contributed by atoms with Crippen LogP contribution in [0.1, 0.15) is 24.5 Å². The van der Waals surface area contributed by atoms with Gasteiger partial charge in [0.25, 0.3) is 5.92 Å². The van der Waals surface area contributed by atoms with Gasteiger partial charge in [0.15, 0.2) is 0 Å². The molecule has 1 unspecified atom stereocenters. The van der Waals surface area contributed by atoms with Crippen molar-refractivity contribution in [3.63, 3.8) is 0 Å². The second-order valence-corrected chi connectivity index (χ2v) is 10.0. The van der Waals surface area contributed by atoms with Crippen LogP contribution in [0.25, 0.3) is 10.9 Å². The Morgan fingerprint density at radius 3 is 2.56 bits per heavy atom. The number of hydrogen-bond acceptors (Lipinski definition) is 4. The van der Waals surface area contributed by atoms with Crippen molar-refractivity contribution in [2.75, 3.05) is 19.3 Å². The number of sulfonamides is 1. The molecule has 1 aliphatic heterocycles. The Bertz CT molecular complexity index is 967. The Hall–Kier alpha value is -1.29. The minimum atomic E-state index is -3.42. The summed E-state index contributed by atoms with van der Waals surface area (Å²) < 4.78 is 55.8. The smallest absolute Gasteiger partial charge is 0.281 e. The molecule has 27 heavy (non-hydrogen) atoms. The highest BCUT2D eigenvalue weighted by Gasteiger charge is 2.59. The number of aromatic amines is 1. The van der Waals surface area contributed by atoms with Gasteiger partial charge in [0.05, 0.1) is 18.0 Å². The molecule has 1 saturated heterocycles. The fraction of sp³-hybridized carbons (Fsp3) is 0.588. The molecule has 4 atom stereocenters. The van der Waals surface area contributed by atoms with E-state index in [0.717, 1.165) is 6.26 Å². The fourth-order valence-electron chi connectivity index (χ4n) is 4.73. The lowest BCUT2D eigenvalue weighted by Crippen LogP contribution is -2.51. The molecule has 0 amide bonds. The highest BCUT2D eigenvalue weighted by atomic mass is 35.5. The molecular weight excluding hydrogens is 400 g/mol. The van der Waals surface area contributed by atoms with E-state index < -0.39 is 39.8 Å². The van der Waals surface area contributed by atoms with Gasteiger partial charge in [0.2, 0.25) is 10.0 Å². The van der Waals surface area contributed by atoms with Crippen LogP contribution >= 0.6 is 11.6 Å². The second kappa shape index (κ2) is 6.37. The number of hydrogen-bond donors (Lipinski definition) is 2. The van der Waals surface area contributed by atoms with Crippen molar-refractivity contribution < 1.29 is 22.3 Å². The maximum atomic E-state index is 15.4. The van der Waals surface area contributed by atoms with Crippen molar-refractivity contribution in [3.8, 4) is 0 Å². The molecule has 1 aromatic heterocycles. The van der Waals surface area contributed by atoms with Gasteiger partial charge in [-0.05, 0) is 36.8 Å². The number of halogens is 3. The zero-order valence-corrected chi connectivity index (χ0v) is 16.1. The summed E-state index contributed by atoms with van der Waals surface area (Å²) in [6, 6.07) is 2.91. The van der Waals surface area contributed by atoms with E-state index in [2.05, 4.69) is 10.2 Å². The molecule has 2 fully saturated rings. The zero-order chi connectivity index (χ0) is 19.6. The minimum Gasteiger partial charge on any atom is -0.382 e. The second-order valence-electron chi connectivity index (χ2n) is 7.61. The minimum absolute atomic E-state index is 0.00458. The number of benzene rings is 1. The molecule has 0 radical (unpaired) electrons. The van der Waals surface area contributed by atoms with Gasteiger partial charge >= 0.3 is 0 Å². The number of aliphatic hydroxyl groups is 1. The predicted octanol–water partition coefficient (Wildman–Crippen LogP) is 2.80. The first kappa shape index (κ1) is 19.0. The molecule has 0 spiro atoms. The molecule has 2 N–H and O–H groups in total. The van der Waals surface area contributed by atoms with Gasteiger partial charge in [-0.25, -0.2) is 21.5 Å². The lowest BCUT2D eigenvalue weighted by atomic mass is 9.77. The quantitative estimate of drug-likeness (QED) is 0.797. The molecule has 2 heterocycles. The Morgan fingerprint density at radius 1 is 1.33 bits per heavy atom. The number of alkyl halides is 2. The zero-order valence-electron chi connectivity index (χ0n) is 14.6. The van der Waals surface area contributed by atoms with Crippen LogP contribution in [-0.4, -0.2) is 53.3 Å². The summed E-state index contributed by atoms with van der Waals surface area (Å²) >= 11 is 6.03. The molecule has 1 aromatic carbocycles. The van der Waals surface area contributed by atoms with Gasteiger partial charge in [0.1, 0.15) is 6.10 Å². The fourth-order valence-corrected chi connectivity index (χ4v) is 5.89. The van der Waals surface area contributed by atoms with Crippen molar-refractivity contribution in [3.05, 3.63) is 28.9 Å². The van der Waals surface area contributed by atoms with Crippen molar-refractivity contribution in [2.24, 2.45) is 17.8 Å². The third kappa shape index (κ3) is 3.14. The normalized spacial score (nSPS) is 28.0. The molecule has 4 rings (SSSR count). The number of rotatable bonds is 4. The SMILES string of the molecule is CS(=O)(=O)N1C[C@H]2CC[C@@H](C1)[C@@H]2C(F)(F)C(O)c1cc(Cl)cc2cn[nH]c12. The number of H-pyrrole nitrogens is 1. The van der Waals surface area contributed by atoms with E-state index in [0.29, 0.717) is 23.7 Å². The summed E-state index contributed by atoms with van der Waals surface area (Å²) in [6.45, 7) is 0.134. The van der Waals surface area contributed by atoms with E-state index in [9.17, 15) is 13.5 Å². The molecule has 2 aromatic rings. The first-order chi connectivity index (χ1) is 12.6. The van der Waals surface area contributed by atoms with Crippen LogP contribution in [0.3, 0.4) is 0 Å². The Kier molecular flexibility index (Phi) is 4.49. The largest absolute Gasteiger partial charge is 0.382 e. The van der Waals surface area contributed by atoms with Crippen LogP contribution in [0.5, 0.6) is 0 Å². The van der Waals surface area contributed by atoms with Gasteiger partial charge in [-0.15, -0.1) is 0 Å². The molecule has 2 bridgehead atoms. The van der Waals surface area contributed by atoms with Crippen LogP contribution in [0.4, 0.5) is 8.78 Å². The van der Waals surface area contributed by atoms with Gasteiger partial charge < -0.3 is 5.11 Å². The number of aliphatic hydroxyl groups excluding tert-OH is 1. The Labute approximate surface area is 160 Å². The molecule has 2 aliphatic rings. The monoisotopic (exact) mass is 419 g/mol. The van der Waals surface area contributed by atoms with E-state index >= 15 is 8.78 Å². The van der Waals surface area contributed by atoms with Gasteiger partial charge in [-0.1, -0.05) is 11.6 Å². The molecule has 6 nitrogen and oxygen atoms in total. The Balaban J connectivity index is 1.68. The number of piperidine rings is 1. The van der Waals surface area contributed by atoms with Gasteiger partial charge in [-0.2, -0.15) is 5.10 Å². The summed E-state index contributed by atoms with van der Waals surface area (Å²) in [7, 11) is -3.42. The molecule has 1 aliphatic carbocycles. The van der Waals surface area contributed by atoms with E-state index in [1.54, 1.807) is 6.07 Å². The average Bonchev–Trinajstić information content (AvgIpc) is 3.14. The summed E-state index contributed by atoms with van der Waals surface area (Å²) in [5.41, 5.74) is 0.331. The van der Waals surface area contributed by atoms with Crippen LogP contribution in [-0.2, 0) is 10.0 Å². The van der Waals surface area contributed by atoms with E-state index in [1.165, 1.54) is 16.6 Å². The van der Waals surface area contributed by atoms with Gasteiger partial charge in [-0.3, -0.25) is 5.10 Å². The predicted molar refractivity (Wildman–Crippen MR) is 97.1 cm³/mol. The van der Waals surface area contributed by atoms with Crippen molar-refractivity contribution in [1.82, 2.24) is 14.5 Å². The van der Waals surface area contributed by atoms with E-state index in [-0.39, 0.29) is 23.7 Å². The van der Waals surface area contributed by atoms with E-state index in [1.807, 2.05) is 0 Å². The first-order valence-electron chi connectivity index (χ1n) is 8.72. The molecule has 10 heteroatoms. The van der Waals surface area contributed by atoms with E-state index in [4.69, 9.17) is 11.6 Å². The highest BCUT2D eigenvalue weighted by molar-refractivity contribution is 7.88. The molecule has 1 saturated carbocycles. The maximum Gasteiger partial charge on any atom is 0.281 e. The summed E-state index contributed by atoms with van der Waals surface area (Å²) in [6.07, 6.45) is 1.55. The lowest BCUT2D eigenvalue weighted by molar-refractivity contribution is -0.176. The average molecular weight is 420 g/mol. The van der Waals surface area contributed by atoms with Crippen LogP contribution in [0.15, 0.2) is 18.3 Å². The van der Waals surface area contributed by atoms with Crippen LogP contribution < -0.4 is 0 Å². The van der Waals surface area contributed by atoms with Crippen molar-refractivity contribution in [1.29, 1.82) is 0 Å². The van der Waals surface area contributed by atoms with Crippen LogP contribution in [0.2, 0.25) is 5.02 Å². The number of nitrogens with one attached hydrogen (secondary N) is 1. The Morgan fingerprint density at radius 2 is 1.96 bits per heavy atom. The lowest BCUT2D eigenvalue weighted by Gasteiger charge is -2.42. The van der Waals surface area contributed by atoms with Crippen molar-refractivity contribution in [2.45, 2.75) is 24.9 Å². The maximum absolute atomic E-state index is 15.4. The third-order valence-electron chi connectivity index (χ3n) is 5.92. The van der Waals surface area contributed by atoms with Crippen LogP contribution in [0, 0.1) is 17.8 Å². The number of aromatic nitrogens is 2. The molecule has 148 valence electrons. The standard InChI is InChI=1S/C17H20ClF2N3O3S/c1-27(25,26)23-7-9-2-3-10(8-23)14(9)17(19,20)16(24)13-5-12(18)4-11-6-21-22-15(11)13/h4-6,9-10,14,16,24H,2-3,7-8H2,1H3,(H,21,22)/t9-,10+,14-,16?. The van der Waals surface area contributed by atoms with Crippen molar-refractivity contribution >= 4 is 32.5 Å². The first-order valence-corrected chi connectivity index (χ1v) is 10.9. The number of fused-ring (bicyclic) bond motifs is 3. The summed E-state index contributed by atoms with van der Waals surface area (Å²) in [5, 5.41) is 17.9. The summed E-state index contributed by atoms with van der Waals surface area (Å²) in [5.74, 6) is -5.47. The number of nitrogens with zero attached hydrogens (tertiary/aromatic N) is 2.